The number of aliphatic hydroxyl groups excluding tert-OH is 2. The van der Waals surface area contributed by atoms with Gasteiger partial charge in [0.1, 0.15) is 24.4 Å². The highest BCUT2D eigenvalue weighted by molar-refractivity contribution is 5.83. The lowest BCUT2D eigenvalue weighted by Crippen LogP contribution is -2.71. The van der Waals surface area contributed by atoms with Crippen LogP contribution >= 0.6 is 0 Å². The Kier molecular flexibility index (Phi) is 4.52. The lowest BCUT2D eigenvalue weighted by Gasteiger charge is -2.63. The third-order valence-electron chi connectivity index (χ3n) is 8.31. The molecule has 8 atom stereocenters. The molecule has 7 heteroatoms. The molecule has 160 valence electrons. The number of fused-ring (bicyclic) bond motifs is 2. The van der Waals surface area contributed by atoms with E-state index in [0.717, 1.165) is 6.29 Å². The maximum absolute atomic E-state index is 13.2. The molecule has 4 aliphatic rings. The van der Waals surface area contributed by atoms with Gasteiger partial charge in [-0.1, -0.05) is 20.4 Å². The number of carbonyl (C=O) groups is 3. The van der Waals surface area contributed by atoms with Gasteiger partial charge in [0, 0.05) is 24.2 Å². The largest absolute Gasteiger partial charge is 0.464 e. The van der Waals surface area contributed by atoms with E-state index in [1.165, 1.54) is 6.92 Å². The van der Waals surface area contributed by atoms with Gasteiger partial charge in [0.05, 0.1) is 12.2 Å². The van der Waals surface area contributed by atoms with Crippen LogP contribution in [0.25, 0.3) is 0 Å². The van der Waals surface area contributed by atoms with E-state index in [1.54, 1.807) is 0 Å². The molecule has 0 aromatic rings. The first-order valence-electron chi connectivity index (χ1n) is 10.4. The Bertz CT molecular complexity index is 773. The molecule has 0 unspecified atom stereocenters. The lowest BCUT2D eigenvalue weighted by atomic mass is 9.43. The molecular formula is C22H30O7. The maximum Gasteiger partial charge on any atom is 0.316 e. The highest BCUT2D eigenvalue weighted by Gasteiger charge is 2.76. The second-order valence-electron chi connectivity index (χ2n) is 10.1. The molecule has 3 aliphatic carbocycles. The zero-order valence-electron chi connectivity index (χ0n) is 17.2. The van der Waals surface area contributed by atoms with E-state index < -0.39 is 58.3 Å². The molecule has 0 amide bonds. The number of hydrogen-bond acceptors (Lipinski definition) is 7. The number of carbonyl (C=O) groups excluding carboxylic acids is 3. The minimum atomic E-state index is -1.33. The van der Waals surface area contributed by atoms with Gasteiger partial charge in [-0.05, 0) is 42.6 Å². The summed E-state index contributed by atoms with van der Waals surface area (Å²) in [5.74, 6) is -2.65. The summed E-state index contributed by atoms with van der Waals surface area (Å²) < 4.78 is 11.3. The van der Waals surface area contributed by atoms with E-state index >= 15 is 0 Å². The Morgan fingerprint density at radius 3 is 2.66 bits per heavy atom. The standard InChI is InChI=1S/C22H30O7/c1-11-13-7-14(25)17-21(8-13,18(11)29-12(2)24)19(27)28-10-22(17)15(9-23)20(3,4)6-5-16(22)26/h9,13-18,25-26H,1,5-8,10H2,2-4H3/t13-,14+,15-,16+,17-,18-,21+,22+/m1/s1. The van der Waals surface area contributed by atoms with Gasteiger partial charge < -0.3 is 24.5 Å². The van der Waals surface area contributed by atoms with Crippen molar-refractivity contribution in [3.05, 3.63) is 12.2 Å². The second kappa shape index (κ2) is 6.38. The number of ether oxygens (including phenoxy) is 2. The van der Waals surface area contributed by atoms with Crippen molar-refractivity contribution in [1.29, 1.82) is 0 Å². The predicted octanol–water partition coefficient (Wildman–Crippen LogP) is 1.40. The van der Waals surface area contributed by atoms with Crippen molar-refractivity contribution in [2.24, 2.45) is 34.0 Å². The van der Waals surface area contributed by atoms with Crippen LogP contribution in [0.15, 0.2) is 12.2 Å². The van der Waals surface area contributed by atoms with Crippen LogP contribution in [0.3, 0.4) is 0 Å². The van der Waals surface area contributed by atoms with E-state index in [-0.39, 0.29) is 12.5 Å². The van der Waals surface area contributed by atoms with E-state index in [0.29, 0.717) is 31.3 Å². The van der Waals surface area contributed by atoms with Crippen molar-refractivity contribution in [2.45, 2.75) is 64.8 Å². The maximum atomic E-state index is 13.2. The molecule has 4 rings (SSSR count). The normalized spacial score (nSPS) is 48.0. The van der Waals surface area contributed by atoms with E-state index in [1.807, 2.05) is 13.8 Å². The SMILES string of the molecule is C=C1[C@@H]2C[C@H](O)[C@@H]3[C@](C2)(C(=O)OC[C@@]32[C@H](C=O)C(C)(C)CC[C@@H]2O)[C@@H]1OC(C)=O. The van der Waals surface area contributed by atoms with Gasteiger partial charge in [-0.3, -0.25) is 9.59 Å². The summed E-state index contributed by atoms with van der Waals surface area (Å²) in [4.78, 5) is 37.5. The molecule has 0 aromatic carbocycles. The van der Waals surface area contributed by atoms with Crippen LogP contribution < -0.4 is 0 Å². The third kappa shape index (κ3) is 2.46. The van der Waals surface area contributed by atoms with Crippen LogP contribution in [0.1, 0.15) is 46.5 Å². The molecule has 3 saturated carbocycles. The number of cyclic esters (lactones) is 1. The van der Waals surface area contributed by atoms with Crippen molar-refractivity contribution in [1.82, 2.24) is 0 Å². The second-order valence-corrected chi connectivity index (χ2v) is 10.1. The smallest absolute Gasteiger partial charge is 0.316 e. The van der Waals surface area contributed by atoms with Crippen molar-refractivity contribution < 1.29 is 34.1 Å². The van der Waals surface area contributed by atoms with Crippen LogP contribution in [0.2, 0.25) is 0 Å². The molecule has 0 aromatic heterocycles. The number of aliphatic hydroxyl groups is 2. The highest BCUT2D eigenvalue weighted by Crippen LogP contribution is 2.69. The number of esters is 2. The molecule has 0 radical (unpaired) electrons. The van der Waals surface area contributed by atoms with Crippen molar-refractivity contribution in [2.75, 3.05) is 6.61 Å². The molecular weight excluding hydrogens is 376 g/mol. The fourth-order valence-electron chi connectivity index (χ4n) is 7.17. The summed E-state index contributed by atoms with van der Waals surface area (Å²) in [5.41, 5.74) is -2.30. The monoisotopic (exact) mass is 406 g/mol. The Hall–Kier alpha value is -1.73. The van der Waals surface area contributed by atoms with Gasteiger partial charge in [-0.15, -0.1) is 0 Å². The number of aldehydes is 1. The predicted molar refractivity (Wildman–Crippen MR) is 101 cm³/mol. The summed E-state index contributed by atoms with van der Waals surface area (Å²) in [6.07, 6.45) is -0.159. The molecule has 2 spiro atoms. The third-order valence-corrected chi connectivity index (χ3v) is 8.31. The first kappa shape index (κ1) is 20.5. The molecule has 1 saturated heterocycles. The van der Waals surface area contributed by atoms with Crippen LogP contribution in [0.4, 0.5) is 0 Å². The number of hydrogen-bond donors (Lipinski definition) is 2. The Labute approximate surface area is 170 Å². The van der Waals surface area contributed by atoms with Crippen LogP contribution in [-0.4, -0.2) is 53.4 Å². The summed E-state index contributed by atoms with van der Waals surface area (Å²) >= 11 is 0. The zero-order valence-corrected chi connectivity index (χ0v) is 17.2. The molecule has 29 heavy (non-hydrogen) atoms. The molecule has 4 fully saturated rings. The molecule has 1 aliphatic heterocycles. The summed E-state index contributed by atoms with van der Waals surface area (Å²) in [6, 6.07) is 0. The molecule has 2 bridgehead atoms. The van der Waals surface area contributed by atoms with Crippen LogP contribution in [0.5, 0.6) is 0 Å². The fraction of sp³-hybridized carbons (Fsp3) is 0.773. The topological polar surface area (TPSA) is 110 Å². The Morgan fingerprint density at radius 2 is 2.03 bits per heavy atom. The van der Waals surface area contributed by atoms with Crippen LogP contribution in [-0.2, 0) is 23.9 Å². The van der Waals surface area contributed by atoms with Crippen LogP contribution in [0, 0.1) is 34.0 Å². The van der Waals surface area contributed by atoms with E-state index in [9.17, 15) is 24.6 Å². The summed E-state index contributed by atoms with van der Waals surface area (Å²) in [7, 11) is 0. The van der Waals surface area contributed by atoms with Gasteiger partial charge in [0.25, 0.3) is 0 Å². The van der Waals surface area contributed by atoms with Gasteiger partial charge in [-0.25, -0.2) is 0 Å². The lowest BCUT2D eigenvalue weighted by molar-refractivity contribution is -0.263. The minimum absolute atomic E-state index is 0.132. The average Bonchev–Trinajstić information content (AvgIpc) is 2.84. The van der Waals surface area contributed by atoms with Crippen molar-refractivity contribution >= 4 is 18.2 Å². The molecule has 2 N–H and O–H groups in total. The first-order valence-corrected chi connectivity index (χ1v) is 10.4. The zero-order chi connectivity index (χ0) is 21.4. The van der Waals surface area contributed by atoms with Gasteiger partial charge in [0.15, 0.2) is 0 Å². The highest BCUT2D eigenvalue weighted by atomic mass is 16.6. The van der Waals surface area contributed by atoms with E-state index in [2.05, 4.69) is 6.58 Å². The summed E-state index contributed by atoms with van der Waals surface area (Å²) in [6.45, 7) is 9.16. The van der Waals surface area contributed by atoms with E-state index in [4.69, 9.17) is 9.47 Å². The summed E-state index contributed by atoms with van der Waals surface area (Å²) in [5, 5.41) is 22.5. The Balaban J connectivity index is 1.94. The number of rotatable bonds is 2. The molecule has 7 nitrogen and oxygen atoms in total. The first-order chi connectivity index (χ1) is 13.5. The average molecular weight is 406 g/mol. The quantitative estimate of drug-likeness (QED) is 0.405. The van der Waals surface area contributed by atoms with Gasteiger partial charge in [-0.2, -0.15) is 0 Å². The Morgan fingerprint density at radius 1 is 1.34 bits per heavy atom. The van der Waals surface area contributed by atoms with Gasteiger partial charge >= 0.3 is 11.9 Å². The fourth-order valence-corrected chi connectivity index (χ4v) is 7.17. The van der Waals surface area contributed by atoms with Gasteiger partial charge in [0.2, 0.25) is 0 Å². The van der Waals surface area contributed by atoms with Crippen molar-refractivity contribution in [3.8, 4) is 0 Å². The molecule has 1 heterocycles. The van der Waals surface area contributed by atoms with Crippen molar-refractivity contribution in [3.63, 3.8) is 0 Å². The minimum Gasteiger partial charge on any atom is -0.464 e.